The van der Waals surface area contributed by atoms with E-state index in [2.05, 4.69) is 66.6 Å². The first-order valence-electron chi connectivity index (χ1n) is 13.8. The lowest BCUT2D eigenvalue weighted by Gasteiger charge is -2.52. The van der Waals surface area contributed by atoms with E-state index in [9.17, 15) is 9.90 Å². The van der Waals surface area contributed by atoms with E-state index in [-0.39, 0.29) is 40.2 Å². The largest absolute Gasteiger partial charge is 0.460 e. The Balaban J connectivity index is 2.31. The normalized spacial score (nSPS) is 30.5. The molecule has 0 radical (unpaired) electrons. The zero-order valence-electron chi connectivity index (χ0n) is 25.4. The molecule has 0 unspecified atom stereocenters. The molecule has 0 bridgehead atoms. The molecule has 2 aliphatic rings. The fourth-order valence-electron chi connectivity index (χ4n) is 5.39. The van der Waals surface area contributed by atoms with E-state index in [1.807, 2.05) is 39.8 Å². The Kier molecular flexibility index (Phi) is 9.44. The van der Waals surface area contributed by atoms with Crippen LogP contribution in [0.1, 0.15) is 102 Å². The van der Waals surface area contributed by atoms with E-state index in [1.165, 1.54) is 6.42 Å². The summed E-state index contributed by atoms with van der Waals surface area (Å²) in [4.78, 5) is 19.7. The number of hydroxylamine groups is 2. The fourth-order valence-corrected chi connectivity index (χ4v) is 6.75. The van der Waals surface area contributed by atoms with Crippen molar-refractivity contribution < 1.29 is 23.9 Å². The lowest BCUT2D eigenvalue weighted by Crippen LogP contribution is -2.59. The summed E-state index contributed by atoms with van der Waals surface area (Å²) >= 11 is 0. The molecule has 210 valence electrons. The van der Waals surface area contributed by atoms with E-state index in [1.54, 1.807) is 0 Å². The molecule has 0 aromatic rings. The maximum absolute atomic E-state index is 13.2. The van der Waals surface area contributed by atoms with Crippen molar-refractivity contribution >= 4 is 14.3 Å². The number of esters is 1. The van der Waals surface area contributed by atoms with Crippen molar-refractivity contribution in [2.24, 2.45) is 11.8 Å². The molecule has 0 aromatic heterocycles. The summed E-state index contributed by atoms with van der Waals surface area (Å²) in [6.07, 6.45) is 6.62. The van der Waals surface area contributed by atoms with Crippen LogP contribution in [0.5, 0.6) is 0 Å². The number of aliphatic hydroxyl groups is 1. The van der Waals surface area contributed by atoms with Gasteiger partial charge in [0.05, 0.1) is 24.2 Å². The van der Waals surface area contributed by atoms with Crippen LogP contribution in [0.3, 0.4) is 0 Å². The minimum atomic E-state index is -2.12. The molecule has 0 aromatic carbocycles. The van der Waals surface area contributed by atoms with Crippen molar-refractivity contribution in [3.8, 4) is 0 Å². The first-order chi connectivity index (χ1) is 16.1. The van der Waals surface area contributed by atoms with Gasteiger partial charge in [-0.3, -0.25) is 9.63 Å². The monoisotopic (exact) mass is 525 g/mol. The second kappa shape index (κ2) is 10.8. The number of nitrogens with zero attached hydrogens (tertiary/aromatic N) is 1. The number of rotatable bonds is 7. The molecular formula is C29H55NO5Si. The third-order valence-corrected chi connectivity index (χ3v) is 12.7. The molecule has 6 nitrogen and oxygen atoms in total. The van der Waals surface area contributed by atoms with Crippen molar-refractivity contribution in [3.05, 3.63) is 12.2 Å². The summed E-state index contributed by atoms with van der Waals surface area (Å²) in [5, 5.41) is 13.2. The van der Waals surface area contributed by atoms with Gasteiger partial charge >= 0.3 is 5.97 Å². The molecule has 1 aliphatic carbocycles. The van der Waals surface area contributed by atoms with Crippen LogP contribution in [0.4, 0.5) is 0 Å². The SMILES string of the molecule is C[C@H](C=C[C@H]1[C@H](C(=O)OC(C)(C)C)[C@H](O)C[C@@H]1O[Si](C)(C)C(C)(C)C)ON1C(C)(C)CCCC1(C)C. The highest BCUT2D eigenvalue weighted by atomic mass is 28.4. The summed E-state index contributed by atoms with van der Waals surface area (Å²) in [7, 11) is -2.12. The fraction of sp³-hybridized carbons (Fsp3) is 0.897. The third-order valence-electron chi connectivity index (χ3n) is 8.22. The Morgan fingerprint density at radius 2 is 1.58 bits per heavy atom. The number of ether oxygens (including phenoxy) is 1. The van der Waals surface area contributed by atoms with Crippen molar-refractivity contribution in [1.29, 1.82) is 0 Å². The van der Waals surface area contributed by atoms with Crippen LogP contribution in [0.2, 0.25) is 18.1 Å². The van der Waals surface area contributed by atoms with Crippen molar-refractivity contribution in [3.63, 3.8) is 0 Å². The molecular weight excluding hydrogens is 470 g/mol. The van der Waals surface area contributed by atoms with Crippen molar-refractivity contribution in [1.82, 2.24) is 5.06 Å². The van der Waals surface area contributed by atoms with Gasteiger partial charge in [0.1, 0.15) is 5.60 Å². The summed E-state index contributed by atoms with van der Waals surface area (Å²) < 4.78 is 12.5. The Morgan fingerprint density at radius 1 is 1.06 bits per heavy atom. The Bertz CT molecular complexity index is 776. The summed E-state index contributed by atoms with van der Waals surface area (Å²) in [6, 6.07) is 0. The molecule has 5 atom stereocenters. The topological polar surface area (TPSA) is 68.2 Å². The maximum atomic E-state index is 13.2. The lowest BCUT2D eigenvalue weighted by atomic mass is 9.82. The van der Waals surface area contributed by atoms with Gasteiger partial charge < -0.3 is 14.3 Å². The second-order valence-electron chi connectivity index (χ2n) is 14.8. The second-order valence-corrected chi connectivity index (χ2v) is 19.6. The smallest absolute Gasteiger partial charge is 0.312 e. The highest BCUT2D eigenvalue weighted by molar-refractivity contribution is 6.74. The Morgan fingerprint density at radius 3 is 2.06 bits per heavy atom. The van der Waals surface area contributed by atoms with E-state index in [0.717, 1.165) is 12.8 Å². The molecule has 36 heavy (non-hydrogen) atoms. The molecule has 1 saturated heterocycles. The Hall–Kier alpha value is -0.733. The Labute approximate surface area is 222 Å². The first kappa shape index (κ1) is 31.5. The number of hydrogen-bond donors (Lipinski definition) is 1. The van der Waals surface area contributed by atoms with Gasteiger partial charge in [0.25, 0.3) is 0 Å². The number of carbonyl (C=O) groups is 1. The average molecular weight is 526 g/mol. The van der Waals surface area contributed by atoms with Gasteiger partial charge in [-0.15, -0.1) is 0 Å². The van der Waals surface area contributed by atoms with E-state index in [4.69, 9.17) is 14.0 Å². The van der Waals surface area contributed by atoms with Gasteiger partial charge in [-0.05, 0) is 99.2 Å². The molecule has 2 fully saturated rings. The van der Waals surface area contributed by atoms with Gasteiger partial charge in [0, 0.05) is 17.0 Å². The van der Waals surface area contributed by atoms with Crippen LogP contribution in [-0.4, -0.2) is 59.4 Å². The van der Waals surface area contributed by atoms with Crippen molar-refractivity contribution in [2.45, 2.75) is 155 Å². The number of hydrogen-bond acceptors (Lipinski definition) is 6. The van der Waals surface area contributed by atoms with Crippen molar-refractivity contribution in [2.75, 3.05) is 0 Å². The van der Waals surface area contributed by atoms with Gasteiger partial charge in [-0.2, -0.15) is 5.06 Å². The summed E-state index contributed by atoms with van der Waals surface area (Å²) in [5.41, 5.74) is -0.730. The predicted octanol–water partition coefficient (Wildman–Crippen LogP) is 6.63. The van der Waals surface area contributed by atoms with Crippen LogP contribution in [-0.2, 0) is 18.8 Å². The summed E-state index contributed by atoms with van der Waals surface area (Å²) in [6.45, 7) is 27.6. The minimum Gasteiger partial charge on any atom is -0.460 e. The van der Waals surface area contributed by atoms with E-state index in [0.29, 0.717) is 6.42 Å². The molecule has 2 rings (SSSR count). The number of carbonyl (C=O) groups excluding carboxylic acids is 1. The molecule has 0 amide bonds. The summed E-state index contributed by atoms with van der Waals surface area (Å²) in [5.74, 6) is -1.31. The number of piperidine rings is 1. The molecule has 1 heterocycles. The van der Waals surface area contributed by atoms with Gasteiger partial charge in [-0.1, -0.05) is 32.9 Å². The molecule has 1 N–H and O–H groups in total. The van der Waals surface area contributed by atoms with E-state index >= 15 is 0 Å². The van der Waals surface area contributed by atoms with Gasteiger partial charge in [0.2, 0.25) is 0 Å². The standard InChI is InChI=1S/C29H55NO5Si/c1-20(34-30-28(8,9)17-14-18-29(30,10)11)15-16-21-23(35-36(12,13)27(5,6)7)19-22(31)24(21)25(32)33-26(2,3)4/h15-16,20-24,31H,14,17-19H2,1-13H3/t20-,21-,22-,23+,24+/m1/s1. The number of aliphatic hydroxyl groups excluding tert-OH is 1. The zero-order chi connectivity index (χ0) is 27.9. The highest BCUT2D eigenvalue weighted by Gasteiger charge is 2.51. The molecule has 1 aliphatic heterocycles. The minimum absolute atomic E-state index is 0.0258. The quantitative estimate of drug-likeness (QED) is 0.228. The third kappa shape index (κ3) is 7.65. The van der Waals surface area contributed by atoms with Gasteiger partial charge in [-0.25, -0.2) is 0 Å². The first-order valence-corrected chi connectivity index (χ1v) is 16.7. The van der Waals surface area contributed by atoms with Crippen LogP contribution in [0.25, 0.3) is 0 Å². The maximum Gasteiger partial charge on any atom is 0.312 e. The van der Waals surface area contributed by atoms with Crippen LogP contribution < -0.4 is 0 Å². The molecule has 7 heteroatoms. The zero-order valence-corrected chi connectivity index (χ0v) is 26.4. The average Bonchev–Trinajstić information content (AvgIpc) is 2.94. The molecule has 0 spiro atoms. The van der Waals surface area contributed by atoms with E-state index < -0.39 is 25.9 Å². The predicted molar refractivity (Wildman–Crippen MR) is 149 cm³/mol. The van der Waals surface area contributed by atoms with Crippen LogP contribution >= 0.6 is 0 Å². The van der Waals surface area contributed by atoms with Crippen LogP contribution in [0, 0.1) is 11.8 Å². The van der Waals surface area contributed by atoms with Gasteiger partial charge in [0.15, 0.2) is 8.32 Å². The highest BCUT2D eigenvalue weighted by Crippen LogP contribution is 2.44. The van der Waals surface area contributed by atoms with Crippen LogP contribution in [0.15, 0.2) is 12.2 Å². The molecule has 1 saturated carbocycles. The lowest BCUT2D eigenvalue weighted by molar-refractivity contribution is -0.293.